The number of guanidine groups is 1. The predicted molar refractivity (Wildman–Crippen MR) is 121 cm³/mol. The van der Waals surface area contributed by atoms with Crippen LogP contribution in [0.1, 0.15) is 54.9 Å². The van der Waals surface area contributed by atoms with Crippen molar-refractivity contribution < 1.29 is 31.9 Å². The third-order valence-electron chi connectivity index (χ3n) is 5.80. The van der Waals surface area contributed by atoms with Gasteiger partial charge in [0, 0.05) is 23.6 Å². The number of carbonyl (C=O) groups is 2. The summed E-state index contributed by atoms with van der Waals surface area (Å²) in [6.07, 6.45) is 3.20. The van der Waals surface area contributed by atoms with Crippen molar-refractivity contribution in [3.63, 3.8) is 0 Å². The van der Waals surface area contributed by atoms with E-state index in [2.05, 4.69) is 15.6 Å². The van der Waals surface area contributed by atoms with E-state index in [1.54, 1.807) is 6.92 Å². The first-order valence-corrected chi connectivity index (χ1v) is 11.4. The zero-order chi connectivity index (χ0) is 25.4. The summed E-state index contributed by atoms with van der Waals surface area (Å²) >= 11 is 0. The van der Waals surface area contributed by atoms with Crippen LogP contribution in [0.4, 0.5) is 17.6 Å². The van der Waals surface area contributed by atoms with Crippen LogP contribution < -0.4 is 10.6 Å². The van der Waals surface area contributed by atoms with Gasteiger partial charge in [0.25, 0.3) is 5.91 Å². The van der Waals surface area contributed by atoms with Crippen molar-refractivity contribution in [3.8, 4) is 0 Å². The molecular weight excluding hydrogens is 466 g/mol. The molecule has 3 rings (SSSR count). The van der Waals surface area contributed by atoms with E-state index in [4.69, 9.17) is 4.74 Å². The van der Waals surface area contributed by atoms with Crippen LogP contribution in [0, 0.1) is 29.2 Å². The molecule has 0 saturated heterocycles. The topological polar surface area (TPSA) is 79.8 Å². The minimum absolute atomic E-state index is 0.00256. The van der Waals surface area contributed by atoms with Crippen LogP contribution in [0.3, 0.4) is 0 Å². The second-order valence-electron chi connectivity index (χ2n) is 8.33. The van der Waals surface area contributed by atoms with Gasteiger partial charge in [0.05, 0.1) is 13.2 Å². The Kier molecular flexibility index (Phi) is 9.22. The van der Waals surface area contributed by atoms with Crippen molar-refractivity contribution in [1.29, 1.82) is 0 Å². The van der Waals surface area contributed by atoms with Crippen LogP contribution in [0.25, 0.3) is 0 Å². The van der Waals surface area contributed by atoms with Gasteiger partial charge in [-0.1, -0.05) is 12.1 Å². The molecule has 2 aromatic rings. The minimum atomic E-state index is -1.18. The SMILES string of the molecule is CCOC(=O)CC1CCC(NC(=NCc2cccc(F)c2F)NC(=O)c2ccc(F)c(F)c2)CC1. The van der Waals surface area contributed by atoms with Crippen LogP contribution in [0.2, 0.25) is 0 Å². The third-order valence-corrected chi connectivity index (χ3v) is 5.80. The van der Waals surface area contributed by atoms with E-state index in [0.29, 0.717) is 25.9 Å². The number of hydrogen-bond donors (Lipinski definition) is 2. The highest BCUT2D eigenvalue weighted by Gasteiger charge is 2.25. The van der Waals surface area contributed by atoms with Crippen LogP contribution in [-0.2, 0) is 16.1 Å². The fraction of sp³-hybridized carbons (Fsp3) is 0.400. The molecule has 0 heterocycles. The van der Waals surface area contributed by atoms with Gasteiger partial charge in [0.1, 0.15) is 0 Å². The number of esters is 1. The fourth-order valence-corrected chi connectivity index (χ4v) is 3.93. The molecule has 35 heavy (non-hydrogen) atoms. The molecule has 1 aliphatic carbocycles. The molecule has 0 aromatic heterocycles. The van der Waals surface area contributed by atoms with Crippen molar-refractivity contribution >= 4 is 17.8 Å². The lowest BCUT2D eigenvalue weighted by atomic mass is 9.84. The summed E-state index contributed by atoms with van der Waals surface area (Å²) in [6.45, 7) is 1.82. The van der Waals surface area contributed by atoms with Crippen molar-refractivity contribution in [2.24, 2.45) is 10.9 Å². The van der Waals surface area contributed by atoms with Gasteiger partial charge in [0.2, 0.25) is 0 Å². The smallest absolute Gasteiger partial charge is 0.306 e. The van der Waals surface area contributed by atoms with Crippen LogP contribution in [0.5, 0.6) is 0 Å². The molecule has 2 aromatic carbocycles. The summed E-state index contributed by atoms with van der Waals surface area (Å²) in [5.74, 6) is -5.11. The Morgan fingerprint density at radius 1 is 1.00 bits per heavy atom. The highest BCUT2D eigenvalue weighted by Crippen LogP contribution is 2.27. The Hall–Kier alpha value is -3.43. The summed E-state index contributed by atoms with van der Waals surface area (Å²) in [5.41, 5.74) is -0.141. The molecule has 0 aliphatic heterocycles. The van der Waals surface area contributed by atoms with E-state index in [1.165, 1.54) is 12.1 Å². The number of benzene rings is 2. The molecule has 1 saturated carbocycles. The molecule has 0 spiro atoms. The van der Waals surface area contributed by atoms with Gasteiger partial charge in [0.15, 0.2) is 29.2 Å². The number of carbonyl (C=O) groups excluding carboxylic acids is 2. The quantitative estimate of drug-likeness (QED) is 0.255. The number of hydrogen-bond acceptors (Lipinski definition) is 4. The Bertz CT molecular complexity index is 1090. The second-order valence-corrected chi connectivity index (χ2v) is 8.33. The maximum absolute atomic E-state index is 14.1. The van der Waals surface area contributed by atoms with E-state index < -0.39 is 29.2 Å². The van der Waals surface area contributed by atoms with Crippen molar-refractivity contribution in [2.75, 3.05) is 6.61 Å². The predicted octanol–water partition coefficient (Wildman–Crippen LogP) is 4.63. The van der Waals surface area contributed by atoms with Crippen LogP contribution in [-0.4, -0.2) is 30.5 Å². The maximum Gasteiger partial charge on any atom is 0.306 e. The third kappa shape index (κ3) is 7.53. The number of nitrogens with one attached hydrogen (secondary N) is 2. The van der Waals surface area contributed by atoms with Gasteiger partial charge in [-0.25, -0.2) is 22.6 Å². The van der Waals surface area contributed by atoms with E-state index in [1.807, 2.05) is 0 Å². The Morgan fingerprint density at radius 2 is 1.74 bits per heavy atom. The largest absolute Gasteiger partial charge is 0.466 e. The monoisotopic (exact) mass is 493 g/mol. The number of aliphatic imine (C=N–C) groups is 1. The van der Waals surface area contributed by atoms with Gasteiger partial charge in [-0.05, 0) is 62.8 Å². The molecule has 0 radical (unpaired) electrons. The Morgan fingerprint density at radius 3 is 2.43 bits per heavy atom. The van der Waals surface area contributed by atoms with Crippen LogP contribution >= 0.6 is 0 Å². The summed E-state index contributed by atoms with van der Waals surface area (Å²) in [6, 6.07) is 6.32. The molecule has 188 valence electrons. The summed E-state index contributed by atoms with van der Waals surface area (Å²) in [5, 5.41) is 5.62. The zero-order valence-electron chi connectivity index (χ0n) is 19.3. The molecule has 1 aliphatic rings. The van der Waals surface area contributed by atoms with E-state index >= 15 is 0 Å². The molecule has 6 nitrogen and oxygen atoms in total. The molecule has 0 atom stereocenters. The number of amides is 1. The number of nitrogens with zero attached hydrogens (tertiary/aromatic N) is 1. The molecule has 1 amide bonds. The van der Waals surface area contributed by atoms with Gasteiger partial charge in [-0.3, -0.25) is 14.9 Å². The first-order chi connectivity index (χ1) is 16.8. The Balaban J connectivity index is 1.70. The van der Waals surface area contributed by atoms with Crippen molar-refractivity contribution in [3.05, 3.63) is 70.8 Å². The van der Waals surface area contributed by atoms with Gasteiger partial charge in [-0.2, -0.15) is 0 Å². The molecule has 0 unspecified atom stereocenters. The standard InChI is InChI=1S/C25H27F4N3O3/c1-2-35-22(33)12-15-6-9-18(10-7-15)31-25(30-14-17-4-3-5-20(27)23(17)29)32-24(34)16-8-11-19(26)21(28)13-16/h3-5,8,11,13,15,18H,2,6-7,9-10,12,14H2,1H3,(H2,30,31,32,34). The number of rotatable bonds is 7. The lowest BCUT2D eigenvalue weighted by molar-refractivity contribution is -0.144. The molecule has 2 N–H and O–H groups in total. The van der Waals surface area contributed by atoms with E-state index in [0.717, 1.165) is 37.1 Å². The minimum Gasteiger partial charge on any atom is -0.466 e. The lowest BCUT2D eigenvalue weighted by Crippen LogP contribution is -2.47. The average molecular weight is 494 g/mol. The lowest BCUT2D eigenvalue weighted by Gasteiger charge is -2.29. The number of halogens is 4. The van der Waals surface area contributed by atoms with Gasteiger partial charge in [-0.15, -0.1) is 0 Å². The first kappa shape index (κ1) is 26.2. The molecule has 1 fully saturated rings. The summed E-state index contributed by atoms with van der Waals surface area (Å²) in [7, 11) is 0. The molecule has 0 bridgehead atoms. The van der Waals surface area contributed by atoms with E-state index in [-0.39, 0.29) is 41.6 Å². The summed E-state index contributed by atoms with van der Waals surface area (Å²) < 4.78 is 59.4. The van der Waals surface area contributed by atoms with Crippen molar-refractivity contribution in [2.45, 2.75) is 51.6 Å². The summed E-state index contributed by atoms with van der Waals surface area (Å²) in [4.78, 5) is 28.6. The average Bonchev–Trinajstić information content (AvgIpc) is 2.83. The van der Waals surface area contributed by atoms with Crippen molar-refractivity contribution in [1.82, 2.24) is 10.6 Å². The maximum atomic E-state index is 14.1. The normalized spacial score (nSPS) is 18.1. The van der Waals surface area contributed by atoms with Gasteiger partial charge < -0.3 is 10.1 Å². The molecule has 10 heteroatoms. The first-order valence-electron chi connectivity index (χ1n) is 11.4. The highest BCUT2D eigenvalue weighted by molar-refractivity contribution is 6.05. The fourth-order valence-electron chi connectivity index (χ4n) is 3.93. The van der Waals surface area contributed by atoms with E-state index in [9.17, 15) is 27.2 Å². The second kappa shape index (κ2) is 12.3. The van der Waals surface area contributed by atoms with Crippen LogP contribution in [0.15, 0.2) is 41.4 Å². The molecular formula is C25H27F4N3O3. The Labute approximate surface area is 200 Å². The zero-order valence-corrected chi connectivity index (χ0v) is 19.3. The highest BCUT2D eigenvalue weighted by atomic mass is 19.2. The van der Waals surface area contributed by atoms with Gasteiger partial charge >= 0.3 is 5.97 Å². The number of ether oxygens (including phenoxy) is 1.